The van der Waals surface area contributed by atoms with Gasteiger partial charge in [-0.05, 0) is 24.6 Å². The molecule has 114 valence electrons. The van der Waals surface area contributed by atoms with Crippen molar-refractivity contribution in [3.05, 3.63) is 56.0 Å². The average molecular weight is 349 g/mol. The van der Waals surface area contributed by atoms with E-state index in [2.05, 4.69) is 5.32 Å². The van der Waals surface area contributed by atoms with E-state index in [0.29, 0.717) is 15.5 Å². The first-order valence-electron chi connectivity index (χ1n) is 6.02. The predicted molar refractivity (Wildman–Crippen MR) is 86.8 cm³/mol. The van der Waals surface area contributed by atoms with Gasteiger partial charge in [-0.2, -0.15) is 0 Å². The molecule has 0 spiro atoms. The molecule has 21 heavy (non-hydrogen) atoms. The summed E-state index contributed by atoms with van der Waals surface area (Å²) in [5.74, 6) is -0.669. The molecule has 0 radical (unpaired) electrons. The van der Waals surface area contributed by atoms with Crippen molar-refractivity contribution in [1.82, 2.24) is 5.32 Å². The third-order valence-corrected chi connectivity index (χ3v) is 4.27. The summed E-state index contributed by atoms with van der Waals surface area (Å²) in [5, 5.41) is 3.08. The lowest BCUT2D eigenvalue weighted by molar-refractivity contribution is 0.0955. The maximum Gasteiger partial charge on any atom is 0.263 e. The lowest BCUT2D eigenvalue weighted by atomic mass is 10.1. The Hall–Kier alpha value is -1.14. The summed E-state index contributed by atoms with van der Waals surface area (Å²) in [4.78, 5) is 13.4. The van der Waals surface area contributed by atoms with Crippen molar-refractivity contribution in [2.45, 2.75) is 20.0 Å². The molecule has 2 aromatic rings. The summed E-state index contributed by atoms with van der Waals surface area (Å²) in [5.41, 5.74) is 6.57. The van der Waals surface area contributed by atoms with E-state index in [1.54, 1.807) is 18.2 Å². The van der Waals surface area contributed by atoms with Gasteiger partial charge < -0.3 is 11.1 Å². The third kappa shape index (κ3) is 4.41. The van der Waals surface area contributed by atoms with Crippen molar-refractivity contribution in [2.24, 2.45) is 5.73 Å². The second kappa shape index (κ2) is 7.75. The Morgan fingerprint density at radius 2 is 2.14 bits per heavy atom. The van der Waals surface area contributed by atoms with Crippen LogP contribution in [0.15, 0.2) is 24.3 Å². The second-order valence-corrected chi connectivity index (χ2v) is 6.01. The van der Waals surface area contributed by atoms with Gasteiger partial charge in [0.1, 0.15) is 10.7 Å². The number of carbonyl (C=O) groups excluding carboxylic acids is 1. The van der Waals surface area contributed by atoms with Gasteiger partial charge in [0.15, 0.2) is 0 Å². The van der Waals surface area contributed by atoms with Crippen molar-refractivity contribution < 1.29 is 9.18 Å². The fourth-order valence-electron chi connectivity index (χ4n) is 1.75. The Morgan fingerprint density at radius 3 is 2.67 bits per heavy atom. The number of hydrogen-bond donors (Lipinski definition) is 2. The van der Waals surface area contributed by atoms with Crippen LogP contribution in [0.4, 0.5) is 4.39 Å². The van der Waals surface area contributed by atoms with Gasteiger partial charge in [0.05, 0.1) is 5.02 Å². The topological polar surface area (TPSA) is 55.1 Å². The van der Waals surface area contributed by atoms with E-state index >= 15 is 0 Å². The minimum absolute atomic E-state index is 0. The Kier molecular flexibility index (Phi) is 6.61. The average Bonchev–Trinajstić information content (AvgIpc) is 2.76. The van der Waals surface area contributed by atoms with Crippen molar-refractivity contribution >= 4 is 41.3 Å². The molecule has 0 saturated carbocycles. The van der Waals surface area contributed by atoms with E-state index in [9.17, 15) is 9.18 Å². The van der Waals surface area contributed by atoms with Gasteiger partial charge in [-0.25, -0.2) is 4.39 Å². The van der Waals surface area contributed by atoms with Gasteiger partial charge in [0.2, 0.25) is 0 Å². The summed E-state index contributed by atoms with van der Waals surface area (Å²) in [7, 11) is 0. The van der Waals surface area contributed by atoms with E-state index in [1.165, 1.54) is 17.4 Å². The largest absolute Gasteiger partial charge is 0.347 e. The zero-order valence-corrected chi connectivity index (χ0v) is 13.7. The highest BCUT2D eigenvalue weighted by Crippen LogP contribution is 2.26. The third-order valence-electron chi connectivity index (χ3n) is 2.81. The number of nitrogens with two attached hydrogens (primary N) is 1. The number of benzene rings is 1. The van der Waals surface area contributed by atoms with Gasteiger partial charge in [0, 0.05) is 23.5 Å². The molecule has 1 amide bonds. The summed E-state index contributed by atoms with van der Waals surface area (Å²) in [6.07, 6.45) is 0. The lowest BCUT2D eigenvalue weighted by Gasteiger charge is -2.07. The normalized spacial score (nSPS) is 10.1. The molecule has 7 heteroatoms. The Labute approximate surface area is 137 Å². The van der Waals surface area contributed by atoms with E-state index in [1.807, 2.05) is 6.92 Å². The van der Waals surface area contributed by atoms with Crippen LogP contribution < -0.4 is 11.1 Å². The molecular weight excluding hydrogens is 334 g/mol. The summed E-state index contributed by atoms with van der Waals surface area (Å²) >= 11 is 7.27. The quantitative estimate of drug-likeness (QED) is 0.885. The fourth-order valence-corrected chi connectivity index (χ4v) is 3.00. The van der Waals surface area contributed by atoms with E-state index in [0.717, 1.165) is 10.4 Å². The zero-order valence-electron chi connectivity index (χ0n) is 11.3. The highest BCUT2D eigenvalue weighted by molar-refractivity contribution is 7.14. The first-order chi connectivity index (χ1) is 9.51. The molecule has 1 heterocycles. The van der Waals surface area contributed by atoms with Crippen LogP contribution in [0.2, 0.25) is 5.02 Å². The first-order valence-corrected chi connectivity index (χ1v) is 7.22. The van der Waals surface area contributed by atoms with Crippen LogP contribution in [0.25, 0.3) is 0 Å². The molecule has 0 aliphatic rings. The Balaban J connectivity index is 0.00000220. The van der Waals surface area contributed by atoms with Gasteiger partial charge in [0.25, 0.3) is 5.91 Å². The summed E-state index contributed by atoms with van der Waals surface area (Å²) in [6, 6.07) is 6.48. The van der Waals surface area contributed by atoms with Crippen LogP contribution in [0, 0.1) is 12.7 Å². The smallest absolute Gasteiger partial charge is 0.263 e. The maximum absolute atomic E-state index is 13.7. The van der Waals surface area contributed by atoms with Crippen LogP contribution in [0.5, 0.6) is 0 Å². The van der Waals surface area contributed by atoms with Crippen molar-refractivity contribution in [1.29, 1.82) is 0 Å². The van der Waals surface area contributed by atoms with Gasteiger partial charge >= 0.3 is 0 Å². The predicted octanol–water partition coefficient (Wildman–Crippen LogP) is 3.66. The number of hydrogen-bond acceptors (Lipinski definition) is 3. The number of halogens is 3. The number of aryl methyl sites for hydroxylation is 1. The van der Waals surface area contributed by atoms with E-state index in [-0.39, 0.29) is 37.2 Å². The number of carbonyl (C=O) groups is 1. The molecule has 1 aromatic carbocycles. The van der Waals surface area contributed by atoms with Gasteiger partial charge in [-0.1, -0.05) is 23.7 Å². The minimum Gasteiger partial charge on any atom is -0.347 e. The molecule has 0 aliphatic carbocycles. The summed E-state index contributed by atoms with van der Waals surface area (Å²) in [6.45, 7) is 2.27. The van der Waals surface area contributed by atoms with Crippen molar-refractivity contribution in [3.8, 4) is 0 Å². The molecule has 0 atom stereocenters. The molecule has 3 nitrogen and oxygen atoms in total. The lowest BCUT2D eigenvalue weighted by Crippen LogP contribution is -2.22. The highest BCUT2D eigenvalue weighted by Gasteiger charge is 2.14. The molecule has 3 N–H and O–H groups in total. The standard InChI is InChI=1S/C14H14ClFN2OS.ClH/c1-8-4-11(15)13(20-8)14(19)18-7-10-3-2-9(6-17)5-12(10)16;/h2-5H,6-7,17H2,1H3,(H,18,19);1H. The summed E-state index contributed by atoms with van der Waals surface area (Å²) < 4.78 is 13.7. The molecule has 1 aromatic heterocycles. The molecule has 0 unspecified atom stereocenters. The molecule has 0 saturated heterocycles. The zero-order chi connectivity index (χ0) is 14.7. The number of nitrogens with one attached hydrogen (secondary N) is 1. The van der Waals surface area contributed by atoms with Crippen LogP contribution >= 0.6 is 35.3 Å². The molecular formula is C14H15Cl2FN2OS. The van der Waals surface area contributed by atoms with Crippen molar-refractivity contribution in [3.63, 3.8) is 0 Å². The molecule has 0 bridgehead atoms. The van der Waals surface area contributed by atoms with Crippen LogP contribution in [0.3, 0.4) is 0 Å². The van der Waals surface area contributed by atoms with Gasteiger partial charge in [-0.3, -0.25) is 4.79 Å². The van der Waals surface area contributed by atoms with E-state index in [4.69, 9.17) is 17.3 Å². The number of amides is 1. The number of thiophene rings is 1. The fraction of sp³-hybridized carbons (Fsp3) is 0.214. The maximum atomic E-state index is 13.7. The monoisotopic (exact) mass is 348 g/mol. The van der Waals surface area contributed by atoms with Gasteiger partial charge in [-0.15, -0.1) is 23.7 Å². The highest BCUT2D eigenvalue weighted by atomic mass is 35.5. The number of rotatable bonds is 4. The first kappa shape index (κ1) is 17.9. The Bertz CT molecular complexity index is 646. The van der Waals surface area contributed by atoms with Crippen LogP contribution in [0.1, 0.15) is 25.7 Å². The van der Waals surface area contributed by atoms with Crippen molar-refractivity contribution in [2.75, 3.05) is 0 Å². The van der Waals surface area contributed by atoms with Crippen LogP contribution in [-0.4, -0.2) is 5.91 Å². The SMILES string of the molecule is Cc1cc(Cl)c(C(=O)NCc2ccc(CN)cc2F)s1.Cl. The molecule has 0 aliphatic heterocycles. The minimum atomic E-state index is -0.373. The Morgan fingerprint density at radius 1 is 1.43 bits per heavy atom. The molecule has 0 fully saturated rings. The molecule has 2 rings (SSSR count). The van der Waals surface area contributed by atoms with Crippen LogP contribution in [-0.2, 0) is 13.1 Å². The van der Waals surface area contributed by atoms with E-state index < -0.39 is 0 Å². The second-order valence-electron chi connectivity index (χ2n) is 4.35.